The number of phosphoric acid groups is 1. The Morgan fingerprint density at radius 1 is 0.771 bits per heavy atom. The number of esters is 3. The number of carbonyl (C=O) groups excluding carboxylic acids is 3. The molecule has 15 heteroatoms. The molecule has 0 radical (unpaired) electrons. The third-order valence-corrected chi connectivity index (χ3v) is 8.02. The second kappa shape index (κ2) is 17.7. The normalized spacial score (nSPS) is 20.4. The molecule has 0 amide bonds. The number of azide groups is 1. The molecule has 0 N–H and O–H groups in total. The molecule has 14 nitrogen and oxygen atoms in total. The van der Waals surface area contributed by atoms with E-state index >= 15 is 0 Å². The zero-order valence-electron chi connectivity index (χ0n) is 25.5. The van der Waals surface area contributed by atoms with E-state index in [4.69, 9.17) is 32.5 Å². The molecule has 1 fully saturated rings. The summed E-state index contributed by atoms with van der Waals surface area (Å²) < 4.78 is 53.1. The van der Waals surface area contributed by atoms with Crippen LogP contribution in [0.4, 0.5) is 0 Å². The van der Waals surface area contributed by atoms with E-state index in [9.17, 15) is 24.5 Å². The highest BCUT2D eigenvalue weighted by molar-refractivity contribution is 7.48. The largest absolute Gasteiger partial charge is 0.477 e. The van der Waals surface area contributed by atoms with E-state index in [0.717, 1.165) is 0 Å². The van der Waals surface area contributed by atoms with Crippen molar-refractivity contribution in [2.24, 2.45) is 5.11 Å². The third kappa shape index (κ3) is 9.72. The molecule has 0 unspecified atom stereocenters. The van der Waals surface area contributed by atoms with E-state index in [2.05, 4.69) is 23.2 Å². The second-order valence-corrected chi connectivity index (χ2v) is 11.5. The van der Waals surface area contributed by atoms with Crippen LogP contribution in [0.25, 0.3) is 10.4 Å². The van der Waals surface area contributed by atoms with Crippen LogP contribution in [0.5, 0.6) is 0 Å². The van der Waals surface area contributed by atoms with E-state index < -0.39 is 63.0 Å². The molecule has 250 valence electrons. The van der Waals surface area contributed by atoms with Gasteiger partial charge in [-0.3, -0.25) is 13.6 Å². The third-order valence-electron chi connectivity index (χ3n) is 6.63. The number of phosphoric ester groups is 1. The Balaban J connectivity index is 1.77. The first-order chi connectivity index (χ1) is 23.3. The van der Waals surface area contributed by atoms with Crippen molar-refractivity contribution in [3.8, 4) is 0 Å². The molecule has 0 aliphatic carbocycles. The maximum atomic E-state index is 13.6. The van der Waals surface area contributed by atoms with Crippen molar-refractivity contribution in [3.63, 3.8) is 0 Å². The van der Waals surface area contributed by atoms with Gasteiger partial charge in [0.2, 0.25) is 0 Å². The van der Waals surface area contributed by atoms with Crippen LogP contribution in [0.3, 0.4) is 0 Å². The molecule has 1 aliphatic rings. The second-order valence-electron chi connectivity index (χ2n) is 9.90. The fourth-order valence-electron chi connectivity index (χ4n) is 4.43. The van der Waals surface area contributed by atoms with Gasteiger partial charge in [-0.25, -0.2) is 18.9 Å². The van der Waals surface area contributed by atoms with Gasteiger partial charge < -0.3 is 18.9 Å². The molecule has 0 bridgehead atoms. The Morgan fingerprint density at radius 3 is 1.69 bits per heavy atom. The van der Waals surface area contributed by atoms with Crippen molar-refractivity contribution < 1.29 is 51.5 Å². The van der Waals surface area contributed by atoms with E-state index in [0.29, 0.717) is 0 Å². The van der Waals surface area contributed by atoms with Gasteiger partial charge in [-0.05, 0) is 41.9 Å². The standard InChI is InChI=1S/C33H32N3O11P/c1-3-20-42-48(40,43-21-4-2)47-33-27(35-36-34)29(46-32(39)25-18-12-7-13-19-25)28(45-31(38)24-16-10-6-11-17-24)26(44-33)22-41-30(37)23-14-8-5-9-15-23/h3-19,26-29,33H,1-2,20-22H2/t26-,27-,28+,29-,33+/m1/s1. The van der Waals surface area contributed by atoms with Crippen LogP contribution < -0.4 is 0 Å². The zero-order chi connectivity index (χ0) is 34.4. The summed E-state index contributed by atoms with van der Waals surface area (Å²) in [5, 5.41) is 3.73. The van der Waals surface area contributed by atoms with Gasteiger partial charge in [-0.15, -0.1) is 13.2 Å². The predicted octanol–water partition coefficient (Wildman–Crippen LogP) is 6.23. The highest BCUT2D eigenvalue weighted by atomic mass is 31.2. The van der Waals surface area contributed by atoms with Crippen LogP contribution in [0, 0.1) is 0 Å². The molecular weight excluding hydrogens is 645 g/mol. The van der Waals surface area contributed by atoms with Crippen molar-refractivity contribution in [3.05, 3.63) is 143 Å². The topological polar surface area (TPSA) is 182 Å². The van der Waals surface area contributed by atoms with Gasteiger partial charge in [-0.2, -0.15) is 0 Å². The highest BCUT2D eigenvalue weighted by Gasteiger charge is 2.53. The number of hydrogen-bond donors (Lipinski definition) is 0. The highest BCUT2D eigenvalue weighted by Crippen LogP contribution is 2.52. The van der Waals surface area contributed by atoms with Gasteiger partial charge in [0, 0.05) is 4.91 Å². The summed E-state index contributed by atoms with van der Waals surface area (Å²) in [6.07, 6.45) is -3.90. The molecule has 48 heavy (non-hydrogen) atoms. The van der Waals surface area contributed by atoms with Gasteiger partial charge >= 0.3 is 25.7 Å². The van der Waals surface area contributed by atoms with Crippen molar-refractivity contribution in [2.75, 3.05) is 19.8 Å². The first-order valence-electron chi connectivity index (χ1n) is 14.5. The number of carbonyl (C=O) groups is 3. The minimum absolute atomic E-state index is 0.107. The molecular formula is C33H32N3O11P. The Bertz CT molecular complexity index is 1640. The van der Waals surface area contributed by atoms with Crippen molar-refractivity contribution in [2.45, 2.75) is 30.6 Å². The van der Waals surface area contributed by atoms with Crippen LogP contribution in [0.2, 0.25) is 0 Å². The van der Waals surface area contributed by atoms with E-state index in [1.165, 1.54) is 48.6 Å². The Kier molecular flexibility index (Phi) is 13.2. The molecule has 4 rings (SSSR count). The molecule has 3 aromatic rings. The van der Waals surface area contributed by atoms with Crippen LogP contribution in [-0.4, -0.2) is 68.4 Å². The first kappa shape index (κ1) is 35.8. The monoisotopic (exact) mass is 677 g/mol. The van der Waals surface area contributed by atoms with Crippen LogP contribution in [0.1, 0.15) is 31.1 Å². The molecule has 1 heterocycles. The average molecular weight is 678 g/mol. The number of ether oxygens (including phenoxy) is 4. The number of rotatable bonds is 16. The Hall–Kier alpha value is -5.07. The average Bonchev–Trinajstić information content (AvgIpc) is 3.12. The van der Waals surface area contributed by atoms with E-state index in [-0.39, 0.29) is 29.9 Å². The summed E-state index contributed by atoms with van der Waals surface area (Å²) in [6, 6.07) is 22.1. The lowest BCUT2D eigenvalue weighted by atomic mass is 9.96. The van der Waals surface area contributed by atoms with Gasteiger partial charge in [-0.1, -0.05) is 71.9 Å². The SMILES string of the molecule is C=CCOP(=O)(OCC=C)O[C@@H]1O[C@H](COC(=O)c2ccccc2)[C@H](OC(=O)c2ccccc2)[C@H](OC(=O)c2ccccc2)[C@H]1N=[N+]=[N-]. The fourth-order valence-corrected chi connectivity index (χ4v) is 5.63. The summed E-state index contributed by atoms with van der Waals surface area (Å²) in [4.78, 5) is 42.5. The summed E-state index contributed by atoms with van der Waals surface area (Å²) in [6.45, 7) is 5.88. The smallest absolute Gasteiger partial charge is 0.459 e. The molecule has 0 aromatic heterocycles. The minimum Gasteiger partial charge on any atom is -0.459 e. The molecule has 5 atom stereocenters. The lowest BCUT2D eigenvalue weighted by Gasteiger charge is -2.43. The van der Waals surface area contributed by atoms with E-state index in [1.54, 1.807) is 54.6 Å². The lowest BCUT2D eigenvalue weighted by molar-refractivity contribution is -0.243. The van der Waals surface area contributed by atoms with Crippen molar-refractivity contribution in [1.29, 1.82) is 0 Å². The maximum absolute atomic E-state index is 13.6. The summed E-state index contributed by atoms with van der Waals surface area (Å²) in [5.41, 5.74) is 10.0. The van der Waals surface area contributed by atoms with Crippen molar-refractivity contribution >= 4 is 25.7 Å². The number of hydrogen-bond acceptors (Lipinski definition) is 12. The maximum Gasteiger partial charge on any atom is 0.477 e. The van der Waals surface area contributed by atoms with E-state index in [1.807, 2.05) is 0 Å². The molecule has 0 saturated carbocycles. The van der Waals surface area contributed by atoms with Crippen LogP contribution in [-0.2, 0) is 37.1 Å². The molecule has 0 spiro atoms. The Morgan fingerprint density at radius 2 is 1.23 bits per heavy atom. The van der Waals surface area contributed by atoms with Crippen molar-refractivity contribution in [1.82, 2.24) is 0 Å². The molecule has 3 aromatic carbocycles. The van der Waals surface area contributed by atoms with Crippen LogP contribution in [0.15, 0.2) is 121 Å². The first-order valence-corrected chi connectivity index (χ1v) is 16.0. The number of benzene rings is 3. The summed E-state index contributed by atoms with van der Waals surface area (Å²) in [5.74, 6) is -2.51. The van der Waals surface area contributed by atoms with Gasteiger partial charge in [0.1, 0.15) is 18.8 Å². The predicted molar refractivity (Wildman–Crippen MR) is 171 cm³/mol. The lowest BCUT2D eigenvalue weighted by Crippen LogP contribution is -2.61. The molecule has 1 aliphatic heterocycles. The Labute approximate surface area is 276 Å². The zero-order valence-corrected chi connectivity index (χ0v) is 26.4. The van der Waals surface area contributed by atoms with Gasteiger partial charge in [0.15, 0.2) is 18.5 Å². The summed E-state index contributed by atoms with van der Waals surface area (Å²) in [7, 11) is -4.51. The minimum atomic E-state index is -4.51. The quantitative estimate of drug-likeness (QED) is 0.0319. The molecule has 1 saturated heterocycles. The van der Waals surface area contributed by atoms with Gasteiger partial charge in [0.25, 0.3) is 0 Å². The summed E-state index contributed by atoms with van der Waals surface area (Å²) >= 11 is 0. The van der Waals surface area contributed by atoms with Crippen LogP contribution >= 0.6 is 7.82 Å². The number of nitrogens with zero attached hydrogens (tertiary/aromatic N) is 3. The fraction of sp³-hybridized carbons (Fsp3) is 0.242. The van der Waals surface area contributed by atoms with Gasteiger partial charge in [0.05, 0.1) is 29.9 Å².